The smallest absolute Gasteiger partial charge is 0.237 e. The third-order valence-corrected chi connectivity index (χ3v) is 5.49. The Morgan fingerprint density at radius 1 is 1.29 bits per heavy atom. The number of nitrogens with one attached hydrogen (secondary N) is 1. The van der Waals surface area contributed by atoms with Gasteiger partial charge in [-0.05, 0) is 49.9 Å². The van der Waals surface area contributed by atoms with Crippen molar-refractivity contribution in [3.63, 3.8) is 0 Å². The molecule has 1 amide bonds. The van der Waals surface area contributed by atoms with Crippen molar-refractivity contribution in [2.75, 3.05) is 7.05 Å². The second-order valence-corrected chi connectivity index (χ2v) is 7.22. The van der Waals surface area contributed by atoms with E-state index in [-0.39, 0.29) is 18.0 Å². The van der Waals surface area contributed by atoms with Crippen LogP contribution in [0.2, 0.25) is 0 Å². The molecule has 1 aliphatic carbocycles. The summed E-state index contributed by atoms with van der Waals surface area (Å²) in [4.78, 5) is 14.4. The van der Waals surface area contributed by atoms with Crippen LogP contribution < -0.4 is 5.32 Å². The fraction of sp³-hybridized carbons (Fsp3) is 0.632. The minimum absolute atomic E-state index is 0.00830. The molecule has 1 aromatic rings. The van der Waals surface area contributed by atoms with Gasteiger partial charge in [-0.15, -0.1) is 0 Å². The maximum Gasteiger partial charge on any atom is 0.237 e. The van der Waals surface area contributed by atoms with E-state index in [1.165, 1.54) is 12.5 Å². The van der Waals surface area contributed by atoms with Crippen LogP contribution in [0.25, 0.3) is 0 Å². The van der Waals surface area contributed by atoms with Gasteiger partial charge in [0.05, 0.1) is 6.04 Å². The maximum absolute atomic E-state index is 13.3. The average Bonchev–Trinajstić information content (AvgIpc) is 2.54. The zero-order valence-corrected chi connectivity index (χ0v) is 15.0. The molecule has 2 rings (SSSR count). The minimum atomic E-state index is -0.858. The zero-order valence-electron chi connectivity index (χ0n) is 15.0. The van der Waals surface area contributed by atoms with Crippen molar-refractivity contribution in [2.24, 2.45) is 11.8 Å². The molecule has 5 heteroatoms. The first kappa shape index (κ1) is 18.8. The Bertz CT molecular complexity index is 578. The highest BCUT2D eigenvalue weighted by molar-refractivity contribution is 5.81. The lowest BCUT2D eigenvalue weighted by molar-refractivity contribution is -0.127. The Labute approximate surface area is 143 Å². The summed E-state index contributed by atoms with van der Waals surface area (Å²) in [7, 11) is 1.82. The number of carbonyl (C=O) groups excluding carboxylic acids is 1. The molecule has 1 fully saturated rings. The van der Waals surface area contributed by atoms with Gasteiger partial charge < -0.3 is 5.32 Å². The molecular formula is C19H28F2N2O. The quantitative estimate of drug-likeness (QED) is 0.887. The van der Waals surface area contributed by atoms with Gasteiger partial charge in [-0.3, -0.25) is 9.69 Å². The first-order chi connectivity index (χ1) is 11.3. The summed E-state index contributed by atoms with van der Waals surface area (Å²) in [6.07, 6.45) is 3.39. The SMILES string of the molecule is CC1CCCC(NC(=O)C(C)N(C)Cc2ccc(F)c(F)c2)C1C. The van der Waals surface area contributed by atoms with E-state index in [0.717, 1.165) is 18.9 Å². The van der Waals surface area contributed by atoms with Crippen molar-refractivity contribution in [1.82, 2.24) is 10.2 Å². The number of hydrogen-bond acceptors (Lipinski definition) is 2. The van der Waals surface area contributed by atoms with Crippen LogP contribution in [-0.4, -0.2) is 29.9 Å². The summed E-state index contributed by atoms with van der Waals surface area (Å²) in [5.74, 6) is -0.618. The van der Waals surface area contributed by atoms with Crippen LogP contribution >= 0.6 is 0 Å². The van der Waals surface area contributed by atoms with Gasteiger partial charge in [-0.1, -0.05) is 32.8 Å². The molecule has 0 radical (unpaired) electrons. The number of nitrogens with zero attached hydrogens (tertiary/aromatic N) is 1. The predicted molar refractivity (Wildman–Crippen MR) is 91.4 cm³/mol. The lowest BCUT2D eigenvalue weighted by Gasteiger charge is -2.36. The molecule has 1 aromatic carbocycles. The van der Waals surface area contributed by atoms with Gasteiger partial charge in [-0.2, -0.15) is 0 Å². The summed E-state index contributed by atoms with van der Waals surface area (Å²) in [6.45, 7) is 6.67. The van der Waals surface area contributed by atoms with Crippen LogP contribution in [0.3, 0.4) is 0 Å². The minimum Gasteiger partial charge on any atom is -0.352 e. The van der Waals surface area contributed by atoms with Crippen LogP contribution in [0.15, 0.2) is 18.2 Å². The number of hydrogen-bond donors (Lipinski definition) is 1. The Hall–Kier alpha value is -1.49. The molecular weight excluding hydrogens is 310 g/mol. The molecule has 0 heterocycles. The van der Waals surface area contributed by atoms with E-state index in [9.17, 15) is 13.6 Å². The van der Waals surface area contributed by atoms with E-state index in [2.05, 4.69) is 19.2 Å². The van der Waals surface area contributed by atoms with Crippen molar-refractivity contribution in [3.05, 3.63) is 35.4 Å². The molecule has 0 aromatic heterocycles. The molecule has 0 bridgehead atoms. The molecule has 4 unspecified atom stereocenters. The van der Waals surface area contributed by atoms with Crippen molar-refractivity contribution in [3.8, 4) is 0 Å². The predicted octanol–water partition coefficient (Wildman–Crippen LogP) is 3.73. The first-order valence-electron chi connectivity index (χ1n) is 8.74. The van der Waals surface area contributed by atoms with Crippen LogP contribution in [0.1, 0.15) is 45.6 Å². The van der Waals surface area contributed by atoms with Crippen molar-refractivity contribution >= 4 is 5.91 Å². The fourth-order valence-electron chi connectivity index (χ4n) is 3.35. The lowest BCUT2D eigenvalue weighted by atomic mass is 9.78. The largest absolute Gasteiger partial charge is 0.352 e. The Morgan fingerprint density at radius 3 is 2.67 bits per heavy atom. The number of halogens is 2. The standard InChI is InChI=1S/C19H28F2N2O/c1-12-6-5-7-18(13(12)2)22-19(24)14(3)23(4)11-15-8-9-16(20)17(21)10-15/h8-10,12-14,18H,5-7,11H2,1-4H3,(H,22,24). The molecule has 134 valence electrons. The molecule has 1 aliphatic rings. The van der Waals surface area contributed by atoms with Gasteiger partial charge in [-0.25, -0.2) is 8.78 Å². The monoisotopic (exact) mass is 338 g/mol. The van der Waals surface area contributed by atoms with Crippen molar-refractivity contribution < 1.29 is 13.6 Å². The van der Waals surface area contributed by atoms with Gasteiger partial charge in [0.1, 0.15) is 0 Å². The van der Waals surface area contributed by atoms with Gasteiger partial charge in [0, 0.05) is 12.6 Å². The Kier molecular flexibility index (Phi) is 6.33. The summed E-state index contributed by atoms with van der Waals surface area (Å²) >= 11 is 0. The van der Waals surface area contributed by atoms with Gasteiger partial charge in [0.25, 0.3) is 0 Å². The first-order valence-corrected chi connectivity index (χ1v) is 8.74. The number of likely N-dealkylation sites (N-methyl/N-ethyl adjacent to an activating group) is 1. The molecule has 0 saturated heterocycles. The number of benzene rings is 1. The van der Waals surface area contributed by atoms with Crippen molar-refractivity contribution in [1.29, 1.82) is 0 Å². The summed E-state index contributed by atoms with van der Waals surface area (Å²) in [5.41, 5.74) is 0.649. The highest BCUT2D eigenvalue weighted by Crippen LogP contribution is 2.29. The lowest BCUT2D eigenvalue weighted by Crippen LogP contribution is -2.50. The number of amides is 1. The second kappa shape index (κ2) is 8.06. The van der Waals surface area contributed by atoms with Crippen LogP contribution in [-0.2, 0) is 11.3 Å². The van der Waals surface area contributed by atoms with Gasteiger partial charge >= 0.3 is 0 Å². The average molecular weight is 338 g/mol. The number of rotatable bonds is 5. The van der Waals surface area contributed by atoms with E-state index >= 15 is 0 Å². The summed E-state index contributed by atoms with van der Waals surface area (Å²) in [5, 5.41) is 3.17. The summed E-state index contributed by atoms with van der Waals surface area (Å²) < 4.78 is 26.3. The van der Waals surface area contributed by atoms with Crippen LogP contribution in [0.5, 0.6) is 0 Å². The topological polar surface area (TPSA) is 32.3 Å². The highest BCUT2D eigenvalue weighted by Gasteiger charge is 2.30. The zero-order chi connectivity index (χ0) is 17.9. The second-order valence-electron chi connectivity index (χ2n) is 7.22. The third-order valence-electron chi connectivity index (χ3n) is 5.49. The van der Waals surface area contributed by atoms with E-state index in [0.29, 0.717) is 23.9 Å². The molecule has 0 aliphatic heterocycles. The Morgan fingerprint density at radius 2 is 2.00 bits per heavy atom. The molecule has 4 atom stereocenters. The van der Waals surface area contributed by atoms with Crippen LogP contribution in [0, 0.1) is 23.5 Å². The normalized spacial score (nSPS) is 25.5. The van der Waals surface area contributed by atoms with Crippen LogP contribution in [0.4, 0.5) is 8.78 Å². The van der Waals surface area contributed by atoms with Gasteiger partial charge in [0.2, 0.25) is 5.91 Å². The number of carbonyl (C=O) groups is 1. The summed E-state index contributed by atoms with van der Waals surface area (Å²) in [6, 6.07) is 3.74. The molecule has 1 saturated carbocycles. The maximum atomic E-state index is 13.3. The van der Waals surface area contributed by atoms with E-state index in [1.807, 2.05) is 18.9 Å². The van der Waals surface area contributed by atoms with E-state index < -0.39 is 11.6 Å². The van der Waals surface area contributed by atoms with E-state index in [4.69, 9.17) is 0 Å². The Balaban J connectivity index is 1.92. The fourth-order valence-corrected chi connectivity index (χ4v) is 3.35. The third kappa shape index (κ3) is 4.53. The van der Waals surface area contributed by atoms with E-state index in [1.54, 1.807) is 6.07 Å². The molecule has 24 heavy (non-hydrogen) atoms. The molecule has 1 N–H and O–H groups in total. The molecule has 0 spiro atoms. The van der Waals surface area contributed by atoms with Gasteiger partial charge in [0.15, 0.2) is 11.6 Å². The highest BCUT2D eigenvalue weighted by atomic mass is 19.2. The van der Waals surface area contributed by atoms with Crippen molar-refractivity contribution in [2.45, 2.75) is 58.7 Å². The molecule has 3 nitrogen and oxygen atoms in total.